The van der Waals surface area contributed by atoms with Gasteiger partial charge in [0, 0.05) is 0 Å². The maximum atomic E-state index is 13.4. The highest BCUT2D eigenvalue weighted by molar-refractivity contribution is 8.18. The van der Waals surface area contributed by atoms with E-state index in [0.717, 1.165) is 5.69 Å². The minimum Gasteiger partial charge on any atom is -0.490 e. The van der Waals surface area contributed by atoms with E-state index in [0.29, 0.717) is 33.8 Å². The van der Waals surface area contributed by atoms with E-state index in [-0.39, 0.29) is 29.8 Å². The first kappa shape index (κ1) is 25.4. The molecule has 1 saturated heterocycles. The summed E-state index contributed by atoms with van der Waals surface area (Å²) in [5.41, 5.74) is 1.36. The molecule has 2 heterocycles. The molecule has 0 unspecified atom stereocenters. The topological polar surface area (TPSA) is 90.6 Å². The van der Waals surface area contributed by atoms with E-state index in [1.54, 1.807) is 41.5 Å². The van der Waals surface area contributed by atoms with Gasteiger partial charge in [0.15, 0.2) is 23.3 Å². The second kappa shape index (κ2) is 11.8. The van der Waals surface area contributed by atoms with Gasteiger partial charge >= 0.3 is 5.97 Å². The number of furan rings is 1. The zero-order valence-corrected chi connectivity index (χ0v) is 21.2. The Bertz CT molecular complexity index is 1290. The average molecular weight is 527 g/mol. The molecule has 8 nitrogen and oxygen atoms in total. The van der Waals surface area contributed by atoms with E-state index in [4.69, 9.17) is 25.5 Å². The van der Waals surface area contributed by atoms with Crippen LogP contribution in [0.3, 0.4) is 0 Å². The number of halogens is 1. The van der Waals surface area contributed by atoms with Gasteiger partial charge in [-0.3, -0.25) is 9.69 Å². The summed E-state index contributed by atoms with van der Waals surface area (Å²) < 4.78 is 21.3. The van der Waals surface area contributed by atoms with Crippen LogP contribution in [0.1, 0.15) is 18.2 Å². The summed E-state index contributed by atoms with van der Waals surface area (Å²) in [6.45, 7) is 2.10. The number of carbonyl (C=O) groups excluding carboxylic acids is 2. The second-order valence-corrected chi connectivity index (χ2v) is 8.86. The molecule has 0 aliphatic carbocycles. The van der Waals surface area contributed by atoms with Gasteiger partial charge in [-0.25, -0.2) is 9.79 Å². The first-order chi connectivity index (χ1) is 17.5. The monoisotopic (exact) mass is 526 g/mol. The molecule has 36 heavy (non-hydrogen) atoms. The number of hydrogen-bond acceptors (Lipinski definition) is 8. The van der Waals surface area contributed by atoms with Gasteiger partial charge in [0.25, 0.3) is 5.91 Å². The van der Waals surface area contributed by atoms with Gasteiger partial charge in [-0.1, -0.05) is 29.8 Å². The predicted molar refractivity (Wildman–Crippen MR) is 138 cm³/mol. The number of amides is 1. The largest absolute Gasteiger partial charge is 0.490 e. The van der Waals surface area contributed by atoms with Crippen molar-refractivity contribution in [2.24, 2.45) is 4.99 Å². The molecular formula is C26H23ClN2O6S. The smallest absolute Gasteiger partial charge is 0.343 e. The van der Waals surface area contributed by atoms with E-state index < -0.39 is 5.97 Å². The van der Waals surface area contributed by atoms with E-state index in [1.807, 2.05) is 37.3 Å². The Morgan fingerprint density at radius 3 is 2.67 bits per heavy atom. The molecule has 10 heteroatoms. The fraction of sp³-hybridized carbons (Fsp3) is 0.192. The highest BCUT2D eigenvalue weighted by Gasteiger charge is 2.34. The second-order valence-electron chi connectivity index (χ2n) is 7.44. The molecule has 0 bridgehead atoms. The third kappa shape index (κ3) is 6.10. The SMILES string of the molecule is CCOc1cc(/C=C2\SC(=Nc3ccccc3)N(Cc3ccco3)C2=O)cc(Cl)c1OCC(=O)OC. The number of carbonyl (C=O) groups is 2. The number of amidine groups is 1. The van der Waals surface area contributed by atoms with Gasteiger partial charge < -0.3 is 18.6 Å². The molecule has 1 aliphatic heterocycles. The van der Waals surface area contributed by atoms with Crippen LogP contribution in [-0.2, 0) is 20.9 Å². The van der Waals surface area contributed by atoms with Gasteiger partial charge in [0.05, 0.1) is 42.1 Å². The molecule has 1 amide bonds. The van der Waals surface area contributed by atoms with Gasteiger partial charge in [-0.05, 0) is 66.7 Å². The fourth-order valence-corrected chi connectivity index (χ4v) is 4.59. The van der Waals surface area contributed by atoms with Crippen molar-refractivity contribution in [2.75, 3.05) is 20.3 Å². The van der Waals surface area contributed by atoms with Gasteiger partial charge in [0.1, 0.15) is 5.76 Å². The maximum Gasteiger partial charge on any atom is 0.343 e. The lowest BCUT2D eigenvalue weighted by Gasteiger charge is -2.14. The number of benzene rings is 2. The molecule has 3 aromatic rings. The van der Waals surface area contributed by atoms with Crippen LogP contribution in [0.15, 0.2) is 75.2 Å². The summed E-state index contributed by atoms with van der Waals surface area (Å²) in [7, 11) is 1.27. The van der Waals surface area contributed by atoms with E-state index in [2.05, 4.69) is 9.73 Å². The van der Waals surface area contributed by atoms with Crippen molar-refractivity contribution in [3.05, 3.63) is 82.1 Å². The number of rotatable bonds is 9. The number of nitrogens with zero attached hydrogens (tertiary/aromatic N) is 2. The number of esters is 1. The fourth-order valence-electron chi connectivity index (χ4n) is 3.32. The Balaban J connectivity index is 1.67. The number of aliphatic imine (C=N–C) groups is 1. The van der Waals surface area contributed by atoms with Crippen molar-refractivity contribution < 1.29 is 28.2 Å². The molecule has 0 atom stereocenters. The molecule has 0 N–H and O–H groups in total. The Labute approximate surface area is 217 Å². The molecule has 0 saturated carbocycles. The minimum absolute atomic E-state index is 0.216. The summed E-state index contributed by atoms with van der Waals surface area (Å²) in [4.78, 5) is 31.6. The zero-order valence-electron chi connectivity index (χ0n) is 19.6. The van der Waals surface area contributed by atoms with E-state index >= 15 is 0 Å². The van der Waals surface area contributed by atoms with Gasteiger partial charge in [-0.2, -0.15) is 0 Å². The van der Waals surface area contributed by atoms with Crippen LogP contribution in [0.25, 0.3) is 6.08 Å². The van der Waals surface area contributed by atoms with Crippen molar-refractivity contribution in [1.82, 2.24) is 4.90 Å². The number of ether oxygens (including phenoxy) is 3. The average Bonchev–Trinajstić information content (AvgIpc) is 3.48. The normalized spacial score (nSPS) is 15.5. The molecule has 186 valence electrons. The summed E-state index contributed by atoms with van der Waals surface area (Å²) in [5.74, 6) is 0.449. The number of methoxy groups -OCH3 is 1. The first-order valence-electron chi connectivity index (χ1n) is 11.0. The van der Waals surface area contributed by atoms with E-state index in [1.165, 1.54) is 18.9 Å². The number of para-hydroxylation sites is 1. The standard InChI is InChI=1S/C26H23ClN2O6S/c1-3-33-21-13-17(12-20(27)24(21)35-16-23(30)32-2)14-22-25(31)29(15-19-10-7-11-34-19)26(36-22)28-18-8-5-4-6-9-18/h4-14H,3,15-16H2,1-2H3/b22-14-,28-26?. The molecule has 0 spiro atoms. The van der Waals surface area contributed by atoms with Crippen LogP contribution >= 0.6 is 23.4 Å². The highest BCUT2D eigenvalue weighted by atomic mass is 35.5. The van der Waals surface area contributed by atoms with Gasteiger partial charge in [-0.15, -0.1) is 0 Å². The van der Waals surface area contributed by atoms with Gasteiger partial charge in [0.2, 0.25) is 0 Å². The Kier molecular flexibility index (Phi) is 8.35. The Morgan fingerprint density at radius 2 is 1.97 bits per heavy atom. The van der Waals surface area contributed by atoms with Crippen molar-refractivity contribution in [1.29, 1.82) is 0 Å². The van der Waals surface area contributed by atoms with Crippen LogP contribution in [0, 0.1) is 0 Å². The molecular weight excluding hydrogens is 504 g/mol. The van der Waals surface area contributed by atoms with Crippen LogP contribution in [0.4, 0.5) is 5.69 Å². The van der Waals surface area contributed by atoms with Crippen LogP contribution in [-0.4, -0.2) is 42.3 Å². The summed E-state index contributed by atoms with van der Waals surface area (Å²) >= 11 is 7.71. The lowest BCUT2D eigenvalue weighted by molar-refractivity contribution is -0.142. The number of hydrogen-bond donors (Lipinski definition) is 0. The molecule has 1 aliphatic rings. The molecule has 4 rings (SSSR count). The maximum absolute atomic E-state index is 13.4. The molecule has 1 fully saturated rings. The zero-order chi connectivity index (χ0) is 25.5. The van der Waals surface area contributed by atoms with Crippen LogP contribution < -0.4 is 9.47 Å². The summed E-state index contributed by atoms with van der Waals surface area (Å²) in [5, 5.41) is 0.765. The first-order valence-corrected chi connectivity index (χ1v) is 12.2. The van der Waals surface area contributed by atoms with Crippen molar-refractivity contribution in [2.45, 2.75) is 13.5 Å². The summed E-state index contributed by atoms with van der Waals surface area (Å²) in [6, 6.07) is 16.3. The molecule has 2 aromatic carbocycles. The summed E-state index contributed by atoms with van der Waals surface area (Å²) in [6.07, 6.45) is 3.28. The minimum atomic E-state index is -0.547. The Hall–Kier alpha value is -3.69. The highest BCUT2D eigenvalue weighted by Crippen LogP contribution is 2.40. The Morgan fingerprint density at radius 1 is 1.17 bits per heavy atom. The van der Waals surface area contributed by atoms with Crippen molar-refractivity contribution in [3.63, 3.8) is 0 Å². The number of thioether (sulfide) groups is 1. The van der Waals surface area contributed by atoms with Crippen LogP contribution in [0.5, 0.6) is 11.5 Å². The predicted octanol–water partition coefficient (Wildman–Crippen LogP) is 5.69. The quantitative estimate of drug-likeness (QED) is 0.261. The third-order valence-electron chi connectivity index (χ3n) is 4.95. The van der Waals surface area contributed by atoms with E-state index in [9.17, 15) is 9.59 Å². The lowest BCUT2D eigenvalue weighted by atomic mass is 10.1. The van der Waals surface area contributed by atoms with Crippen molar-refractivity contribution in [3.8, 4) is 11.5 Å². The third-order valence-corrected chi connectivity index (χ3v) is 6.24. The molecule has 1 aromatic heterocycles. The van der Waals surface area contributed by atoms with Crippen LogP contribution in [0.2, 0.25) is 5.02 Å². The van der Waals surface area contributed by atoms with Crippen molar-refractivity contribution >= 4 is 52.2 Å². The molecule has 0 radical (unpaired) electrons. The lowest BCUT2D eigenvalue weighted by Crippen LogP contribution is -2.28.